The fourth-order valence-electron chi connectivity index (χ4n) is 2.79. The first-order valence-electron chi connectivity index (χ1n) is 9.79. The van der Waals surface area contributed by atoms with Gasteiger partial charge in [0.2, 0.25) is 0 Å². The fraction of sp³-hybridized carbons (Fsp3) is 0.0909. The summed E-state index contributed by atoms with van der Waals surface area (Å²) >= 11 is 5.86. The van der Waals surface area contributed by atoms with Gasteiger partial charge >= 0.3 is 13.2 Å². The second kappa shape index (κ2) is 11.7. The van der Waals surface area contributed by atoms with Gasteiger partial charge in [-0.2, -0.15) is 22.7 Å². The van der Waals surface area contributed by atoms with Gasteiger partial charge in [0.05, 0.1) is 16.8 Å². The smallest absolute Gasteiger partial charge is 0.387 e. The summed E-state index contributed by atoms with van der Waals surface area (Å²) in [5.74, 6) is -1.77. The van der Waals surface area contributed by atoms with Gasteiger partial charge in [-0.15, -0.1) is 0 Å². The standard InChI is InChI=1S/C22H16ClF4N3O5S/c23-15-4-2-5-16(10-15)30-36(32,33)18-6-1-3-13(9-18)20(31)29-28-12-14-7-8-17(34-21(24)25)11-19(14)35-22(26)27/h1-12,21-22,30H,(H,29,31)/b28-12+. The molecular formula is C22H16ClF4N3O5S. The zero-order chi connectivity index (χ0) is 26.3. The molecule has 3 rings (SSSR count). The topological polar surface area (TPSA) is 106 Å². The number of hydrazone groups is 1. The summed E-state index contributed by atoms with van der Waals surface area (Å²) in [5, 5.41) is 3.95. The molecule has 0 aliphatic carbocycles. The molecule has 0 aliphatic heterocycles. The molecular weight excluding hydrogens is 530 g/mol. The highest BCUT2D eigenvalue weighted by molar-refractivity contribution is 7.92. The highest BCUT2D eigenvalue weighted by Gasteiger charge is 2.17. The maximum Gasteiger partial charge on any atom is 0.387 e. The minimum Gasteiger partial charge on any atom is -0.435 e. The number of anilines is 1. The first-order chi connectivity index (χ1) is 17.0. The molecule has 36 heavy (non-hydrogen) atoms. The van der Waals surface area contributed by atoms with Crippen molar-refractivity contribution in [3.63, 3.8) is 0 Å². The average molecular weight is 546 g/mol. The number of carbonyl (C=O) groups is 1. The van der Waals surface area contributed by atoms with Crippen molar-refractivity contribution in [2.24, 2.45) is 5.10 Å². The number of ether oxygens (including phenoxy) is 2. The number of amides is 1. The minimum absolute atomic E-state index is 0.0779. The maximum atomic E-state index is 12.7. The van der Waals surface area contributed by atoms with Crippen molar-refractivity contribution in [3.8, 4) is 11.5 Å². The molecule has 0 aliphatic rings. The predicted molar refractivity (Wildman–Crippen MR) is 123 cm³/mol. The van der Waals surface area contributed by atoms with Crippen LogP contribution in [-0.4, -0.2) is 33.8 Å². The SMILES string of the molecule is O=C(N/N=C/c1ccc(OC(F)F)cc1OC(F)F)c1cccc(S(=O)(=O)Nc2cccc(Cl)c2)c1. The molecule has 14 heteroatoms. The maximum absolute atomic E-state index is 12.7. The van der Waals surface area contributed by atoms with Crippen molar-refractivity contribution < 1.29 is 40.2 Å². The number of carbonyl (C=O) groups excluding carboxylic acids is 1. The van der Waals surface area contributed by atoms with E-state index in [-0.39, 0.29) is 21.7 Å². The van der Waals surface area contributed by atoms with Gasteiger partial charge in [0.1, 0.15) is 11.5 Å². The van der Waals surface area contributed by atoms with Crippen LogP contribution in [0.4, 0.5) is 23.2 Å². The van der Waals surface area contributed by atoms with E-state index >= 15 is 0 Å². The summed E-state index contributed by atoms with van der Waals surface area (Å²) in [6.07, 6.45) is 0.934. The summed E-state index contributed by atoms with van der Waals surface area (Å²) in [6, 6.07) is 14.0. The number of sulfonamides is 1. The average Bonchev–Trinajstić information content (AvgIpc) is 2.79. The van der Waals surface area contributed by atoms with Crippen LogP contribution in [0.1, 0.15) is 15.9 Å². The molecule has 1 amide bonds. The molecule has 0 saturated carbocycles. The van der Waals surface area contributed by atoms with Crippen molar-refractivity contribution >= 4 is 39.4 Å². The van der Waals surface area contributed by atoms with Crippen LogP contribution in [-0.2, 0) is 10.0 Å². The molecule has 0 spiro atoms. The third-order valence-corrected chi connectivity index (χ3v) is 5.89. The Balaban J connectivity index is 1.74. The first kappa shape index (κ1) is 26.8. The third kappa shape index (κ3) is 7.58. The van der Waals surface area contributed by atoms with Crippen molar-refractivity contribution in [3.05, 3.63) is 82.9 Å². The van der Waals surface area contributed by atoms with E-state index in [0.29, 0.717) is 5.02 Å². The van der Waals surface area contributed by atoms with E-state index in [1.807, 2.05) is 0 Å². The van der Waals surface area contributed by atoms with Crippen molar-refractivity contribution in [2.45, 2.75) is 18.1 Å². The number of hydrogen-bond acceptors (Lipinski definition) is 6. The molecule has 3 aromatic carbocycles. The highest BCUT2D eigenvalue weighted by Crippen LogP contribution is 2.26. The third-order valence-electron chi connectivity index (χ3n) is 4.28. The molecule has 0 unspecified atom stereocenters. The number of benzene rings is 3. The Bertz CT molecular complexity index is 1370. The Hall–Kier alpha value is -3.84. The Morgan fingerprint density at radius 2 is 1.67 bits per heavy atom. The molecule has 2 N–H and O–H groups in total. The normalized spacial score (nSPS) is 11.6. The number of rotatable bonds is 10. The van der Waals surface area contributed by atoms with E-state index in [9.17, 15) is 30.8 Å². The Labute approximate surface area is 207 Å². The van der Waals surface area contributed by atoms with Gasteiger partial charge in [-0.05, 0) is 48.5 Å². The number of nitrogens with zero attached hydrogens (tertiary/aromatic N) is 1. The van der Waals surface area contributed by atoms with Gasteiger partial charge in [-0.3, -0.25) is 9.52 Å². The number of hydrogen-bond donors (Lipinski definition) is 2. The number of alkyl halides is 4. The summed E-state index contributed by atoms with van der Waals surface area (Å²) in [4.78, 5) is 12.2. The van der Waals surface area contributed by atoms with Crippen molar-refractivity contribution in [2.75, 3.05) is 4.72 Å². The van der Waals surface area contributed by atoms with Gasteiger partial charge in [-0.25, -0.2) is 13.8 Å². The summed E-state index contributed by atoms with van der Waals surface area (Å²) in [5.41, 5.74) is 2.17. The second-order valence-corrected chi connectivity index (χ2v) is 8.92. The van der Waals surface area contributed by atoms with Crippen LogP contribution in [0.15, 0.2) is 76.7 Å². The molecule has 0 atom stereocenters. The number of halogens is 5. The predicted octanol–water partition coefficient (Wildman–Crippen LogP) is 5.11. The van der Waals surface area contributed by atoms with E-state index in [1.54, 1.807) is 12.1 Å². The van der Waals surface area contributed by atoms with Crippen LogP contribution in [0, 0.1) is 0 Å². The molecule has 0 bridgehead atoms. The van der Waals surface area contributed by atoms with Gasteiger partial charge in [-0.1, -0.05) is 23.7 Å². The van der Waals surface area contributed by atoms with E-state index in [1.165, 1.54) is 30.3 Å². The zero-order valence-corrected chi connectivity index (χ0v) is 19.4. The first-order valence-corrected chi connectivity index (χ1v) is 11.6. The summed E-state index contributed by atoms with van der Waals surface area (Å²) < 4.78 is 86.1. The molecule has 0 radical (unpaired) electrons. The Morgan fingerprint density at radius 3 is 2.36 bits per heavy atom. The lowest BCUT2D eigenvalue weighted by Gasteiger charge is -2.11. The molecule has 8 nitrogen and oxygen atoms in total. The molecule has 190 valence electrons. The van der Waals surface area contributed by atoms with Crippen molar-refractivity contribution in [1.82, 2.24) is 5.43 Å². The van der Waals surface area contributed by atoms with Gasteiger partial charge in [0.25, 0.3) is 15.9 Å². The summed E-state index contributed by atoms with van der Waals surface area (Å²) in [7, 11) is -4.06. The van der Waals surface area contributed by atoms with Gasteiger partial charge in [0, 0.05) is 22.2 Å². The van der Waals surface area contributed by atoms with Crippen LogP contribution >= 0.6 is 11.6 Å². The highest BCUT2D eigenvalue weighted by atomic mass is 35.5. The lowest BCUT2D eigenvalue weighted by molar-refractivity contribution is -0.0543. The summed E-state index contributed by atoms with van der Waals surface area (Å²) in [6.45, 7) is -6.44. The fourth-order valence-corrected chi connectivity index (χ4v) is 4.08. The lowest BCUT2D eigenvalue weighted by Crippen LogP contribution is -2.19. The van der Waals surface area contributed by atoms with Crippen LogP contribution in [0.25, 0.3) is 0 Å². The minimum atomic E-state index is -4.06. The van der Waals surface area contributed by atoms with E-state index in [2.05, 4.69) is 24.7 Å². The van der Waals surface area contributed by atoms with Gasteiger partial charge in [0.15, 0.2) is 0 Å². The molecule has 3 aromatic rings. The molecule has 0 heterocycles. The monoisotopic (exact) mass is 545 g/mol. The Kier molecular flexibility index (Phi) is 8.72. The largest absolute Gasteiger partial charge is 0.435 e. The van der Waals surface area contributed by atoms with E-state index in [4.69, 9.17) is 11.6 Å². The zero-order valence-electron chi connectivity index (χ0n) is 17.9. The quantitative estimate of drug-likeness (QED) is 0.209. The van der Waals surface area contributed by atoms with Crippen molar-refractivity contribution in [1.29, 1.82) is 0 Å². The second-order valence-electron chi connectivity index (χ2n) is 6.80. The molecule has 0 fully saturated rings. The molecule has 0 aromatic heterocycles. The molecule has 0 saturated heterocycles. The lowest BCUT2D eigenvalue weighted by atomic mass is 10.2. The van der Waals surface area contributed by atoms with Crippen LogP contribution in [0.2, 0.25) is 5.02 Å². The van der Waals surface area contributed by atoms with E-state index < -0.39 is 40.7 Å². The number of nitrogens with one attached hydrogen (secondary N) is 2. The van der Waals surface area contributed by atoms with Crippen LogP contribution in [0.3, 0.4) is 0 Å². The van der Waals surface area contributed by atoms with E-state index in [0.717, 1.165) is 30.5 Å². The van der Waals surface area contributed by atoms with Gasteiger partial charge < -0.3 is 9.47 Å². The Morgan fingerprint density at radius 1 is 0.944 bits per heavy atom. The van der Waals surface area contributed by atoms with Crippen LogP contribution in [0.5, 0.6) is 11.5 Å². The van der Waals surface area contributed by atoms with Crippen LogP contribution < -0.4 is 19.6 Å².